The Hall–Kier alpha value is -1.30. The van der Waals surface area contributed by atoms with E-state index in [-0.39, 0.29) is 18.7 Å². The Bertz CT molecular complexity index is 364. The number of hydrogen-bond acceptors (Lipinski definition) is 3. The van der Waals surface area contributed by atoms with Crippen LogP contribution in [0.1, 0.15) is 51.4 Å². The van der Waals surface area contributed by atoms with Crippen LogP contribution < -0.4 is 5.32 Å². The number of carboxylic acids is 1. The number of carbonyl (C=O) groups is 2. The van der Waals surface area contributed by atoms with Crippen molar-refractivity contribution in [3.8, 4) is 0 Å². The smallest absolute Gasteiger partial charge is 0.329 e. The molecule has 0 aromatic carbocycles. The van der Waals surface area contributed by atoms with Gasteiger partial charge in [-0.25, -0.2) is 9.59 Å². The number of urea groups is 1. The lowest BCUT2D eigenvalue weighted by atomic mass is 9.90. The van der Waals surface area contributed by atoms with Gasteiger partial charge in [-0.3, -0.25) is 0 Å². The molecule has 20 heavy (non-hydrogen) atoms. The molecule has 114 valence electrons. The minimum absolute atomic E-state index is 0.0620. The topological polar surface area (TPSA) is 89.9 Å². The third-order valence-corrected chi connectivity index (χ3v) is 4.56. The molecule has 1 heterocycles. The van der Waals surface area contributed by atoms with Crippen LogP contribution in [-0.2, 0) is 4.79 Å². The molecule has 3 N–H and O–H groups in total. The average Bonchev–Trinajstić information content (AvgIpc) is 2.78. The zero-order valence-corrected chi connectivity index (χ0v) is 11.8. The van der Waals surface area contributed by atoms with E-state index in [1.54, 1.807) is 4.90 Å². The second-order valence-corrected chi connectivity index (χ2v) is 5.90. The quantitative estimate of drug-likeness (QED) is 0.682. The van der Waals surface area contributed by atoms with E-state index < -0.39 is 11.5 Å². The Labute approximate surface area is 119 Å². The van der Waals surface area contributed by atoms with Crippen molar-refractivity contribution in [2.45, 2.75) is 62.9 Å². The van der Waals surface area contributed by atoms with Crippen molar-refractivity contribution in [3.05, 3.63) is 0 Å². The van der Waals surface area contributed by atoms with E-state index in [9.17, 15) is 19.8 Å². The predicted molar refractivity (Wildman–Crippen MR) is 73.4 cm³/mol. The molecule has 2 aliphatic rings. The Morgan fingerprint density at radius 1 is 1.15 bits per heavy atom. The molecule has 0 bridgehead atoms. The number of amides is 2. The van der Waals surface area contributed by atoms with Crippen molar-refractivity contribution >= 4 is 12.0 Å². The molecular formula is C14H24N2O4. The maximum Gasteiger partial charge on any atom is 0.329 e. The zero-order valence-electron chi connectivity index (χ0n) is 11.8. The largest absolute Gasteiger partial charge is 0.480 e. The van der Waals surface area contributed by atoms with Crippen LogP contribution in [0.5, 0.6) is 0 Å². The predicted octanol–water partition coefficient (Wildman–Crippen LogP) is 1.33. The second kappa shape index (κ2) is 6.43. The SMILES string of the molecule is O=C(NC1(C(=O)O)CCCCCC1)N1CCCC1CO. The Kier molecular flexibility index (Phi) is 4.86. The van der Waals surface area contributed by atoms with Gasteiger partial charge in [0.15, 0.2) is 0 Å². The summed E-state index contributed by atoms with van der Waals surface area (Å²) in [5.74, 6) is -0.938. The fourth-order valence-electron chi connectivity index (χ4n) is 3.29. The van der Waals surface area contributed by atoms with Crippen molar-refractivity contribution in [1.82, 2.24) is 10.2 Å². The lowest BCUT2D eigenvalue weighted by Crippen LogP contribution is -2.58. The molecule has 1 saturated carbocycles. The summed E-state index contributed by atoms with van der Waals surface area (Å²) in [6, 6.07) is -0.516. The fourth-order valence-corrected chi connectivity index (χ4v) is 3.29. The minimum atomic E-state index is -1.13. The summed E-state index contributed by atoms with van der Waals surface area (Å²) >= 11 is 0. The summed E-state index contributed by atoms with van der Waals surface area (Å²) in [5, 5.41) is 21.6. The molecule has 0 aromatic heterocycles. The highest BCUT2D eigenvalue weighted by molar-refractivity contribution is 5.86. The highest BCUT2D eigenvalue weighted by atomic mass is 16.4. The zero-order chi connectivity index (χ0) is 14.6. The third-order valence-electron chi connectivity index (χ3n) is 4.56. The van der Waals surface area contributed by atoms with Crippen LogP contribution in [0.4, 0.5) is 4.79 Å². The van der Waals surface area contributed by atoms with Crippen LogP contribution in [0.15, 0.2) is 0 Å². The lowest BCUT2D eigenvalue weighted by Gasteiger charge is -2.33. The van der Waals surface area contributed by atoms with Gasteiger partial charge in [-0.15, -0.1) is 0 Å². The third kappa shape index (κ3) is 3.06. The summed E-state index contributed by atoms with van der Waals surface area (Å²) in [4.78, 5) is 25.6. The first kappa shape index (κ1) is 15.1. The van der Waals surface area contributed by atoms with Crippen LogP contribution >= 0.6 is 0 Å². The Morgan fingerprint density at radius 2 is 1.80 bits per heavy atom. The van der Waals surface area contributed by atoms with E-state index >= 15 is 0 Å². The number of aliphatic hydroxyl groups excluding tert-OH is 1. The van der Waals surface area contributed by atoms with Gasteiger partial charge in [0, 0.05) is 6.54 Å². The Balaban J connectivity index is 2.07. The van der Waals surface area contributed by atoms with Crippen molar-refractivity contribution in [2.24, 2.45) is 0 Å². The van der Waals surface area contributed by atoms with Gasteiger partial charge in [-0.2, -0.15) is 0 Å². The number of likely N-dealkylation sites (tertiary alicyclic amines) is 1. The molecule has 0 radical (unpaired) electrons. The highest BCUT2D eigenvalue weighted by Gasteiger charge is 2.42. The van der Waals surface area contributed by atoms with Crippen molar-refractivity contribution in [1.29, 1.82) is 0 Å². The van der Waals surface area contributed by atoms with Gasteiger partial charge in [-0.05, 0) is 25.7 Å². The molecular weight excluding hydrogens is 260 g/mol. The van der Waals surface area contributed by atoms with Crippen LogP contribution in [-0.4, -0.2) is 51.8 Å². The molecule has 1 aliphatic heterocycles. The molecule has 2 fully saturated rings. The number of nitrogens with zero attached hydrogens (tertiary/aromatic N) is 1. The molecule has 2 amide bonds. The van der Waals surface area contributed by atoms with E-state index in [0.717, 1.165) is 38.5 Å². The van der Waals surface area contributed by atoms with E-state index in [1.807, 2.05) is 0 Å². The molecule has 1 saturated heterocycles. The first-order valence-electron chi connectivity index (χ1n) is 7.52. The van der Waals surface area contributed by atoms with E-state index in [1.165, 1.54) is 0 Å². The average molecular weight is 284 g/mol. The summed E-state index contributed by atoms with van der Waals surface area (Å²) < 4.78 is 0. The van der Waals surface area contributed by atoms with Gasteiger partial charge in [0.1, 0.15) is 5.54 Å². The number of carbonyl (C=O) groups excluding carboxylic acids is 1. The van der Waals surface area contributed by atoms with Crippen molar-refractivity contribution < 1.29 is 19.8 Å². The molecule has 1 unspecified atom stereocenters. The van der Waals surface area contributed by atoms with E-state index in [4.69, 9.17) is 0 Å². The van der Waals surface area contributed by atoms with E-state index in [0.29, 0.717) is 19.4 Å². The first-order chi connectivity index (χ1) is 9.59. The van der Waals surface area contributed by atoms with Crippen LogP contribution in [0, 0.1) is 0 Å². The summed E-state index contributed by atoms with van der Waals surface area (Å²) in [7, 11) is 0. The normalized spacial score (nSPS) is 26.1. The van der Waals surface area contributed by atoms with Gasteiger partial charge >= 0.3 is 12.0 Å². The number of rotatable bonds is 3. The maximum absolute atomic E-state index is 12.3. The number of carboxylic acid groups (broad SMARTS) is 1. The molecule has 6 nitrogen and oxygen atoms in total. The Morgan fingerprint density at radius 3 is 2.35 bits per heavy atom. The van der Waals surface area contributed by atoms with Gasteiger partial charge in [-0.1, -0.05) is 25.7 Å². The summed E-state index contributed by atoms with van der Waals surface area (Å²) in [5.41, 5.74) is -1.13. The summed E-state index contributed by atoms with van der Waals surface area (Å²) in [6.45, 7) is 0.528. The van der Waals surface area contributed by atoms with Crippen molar-refractivity contribution in [2.75, 3.05) is 13.2 Å². The van der Waals surface area contributed by atoms with Gasteiger partial charge in [0.2, 0.25) is 0 Å². The number of aliphatic carboxylic acids is 1. The maximum atomic E-state index is 12.3. The van der Waals surface area contributed by atoms with Crippen LogP contribution in [0.2, 0.25) is 0 Å². The number of hydrogen-bond donors (Lipinski definition) is 3. The number of aliphatic hydroxyl groups is 1. The highest BCUT2D eigenvalue weighted by Crippen LogP contribution is 2.28. The van der Waals surface area contributed by atoms with Crippen molar-refractivity contribution in [3.63, 3.8) is 0 Å². The van der Waals surface area contributed by atoms with Crippen LogP contribution in [0.25, 0.3) is 0 Å². The summed E-state index contributed by atoms with van der Waals surface area (Å²) in [6.07, 6.45) is 6.33. The second-order valence-electron chi connectivity index (χ2n) is 5.90. The van der Waals surface area contributed by atoms with Gasteiger partial charge < -0.3 is 20.4 Å². The molecule has 6 heteroatoms. The standard InChI is InChI=1S/C14H24N2O4/c17-10-11-6-5-9-16(11)13(20)15-14(12(18)19)7-3-1-2-4-8-14/h11,17H,1-10H2,(H,15,20)(H,18,19). The first-order valence-corrected chi connectivity index (χ1v) is 7.52. The molecule has 2 rings (SSSR count). The number of nitrogens with one attached hydrogen (secondary N) is 1. The molecule has 1 aliphatic carbocycles. The van der Waals surface area contributed by atoms with Gasteiger partial charge in [0.05, 0.1) is 12.6 Å². The molecule has 0 spiro atoms. The lowest BCUT2D eigenvalue weighted by molar-refractivity contribution is -0.145. The fraction of sp³-hybridized carbons (Fsp3) is 0.857. The molecule has 1 atom stereocenters. The van der Waals surface area contributed by atoms with E-state index in [2.05, 4.69) is 5.32 Å². The minimum Gasteiger partial charge on any atom is -0.480 e. The molecule has 0 aromatic rings. The van der Waals surface area contributed by atoms with Crippen LogP contribution in [0.3, 0.4) is 0 Å². The van der Waals surface area contributed by atoms with Gasteiger partial charge in [0.25, 0.3) is 0 Å². The monoisotopic (exact) mass is 284 g/mol.